The first-order chi connectivity index (χ1) is 9.72. The number of nitrogens with zero attached hydrogens (tertiary/aromatic N) is 2. The number of hydrogen-bond acceptors (Lipinski definition) is 4. The van der Waals surface area contributed by atoms with E-state index in [4.69, 9.17) is 9.15 Å². The van der Waals surface area contributed by atoms with E-state index in [1.807, 2.05) is 17.7 Å². The zero-order valence-electron chi connectivity index (χ0n) is 10.8. The van der Waals surface area contributed by atoms with E-state index < -0.39 is 5.97 Å². The van der Waals surface area contributed by atoms with Gasteiger partial charge in [-0.1, -0.05) is 0 Å². The van der Waals surface area contributed by atoms with Gasteiger partial charge in [-0.3, -0.25) is 0 Å². The standard InChI is InChI=1S/C15H12N2O3/c1-17-10-16-13-9-12(4-6-14(13)17)20-15(18)7-5-11-3-2-8-19-11/h2-10H,1H3/b7-5+. The summed E-state index contributed by atoms with van der Waals surface area (Å²) in [5, 5.41) is 0. The number of carbonyl (C=O) groups is 1. The zero-order valence-corrected chi connectivity index (χ0v) is 10.8. The Morgan fingerprint density at radius 3 is 3.10 bits per heavy atom. The third-order valence-electron chi connectivity index (χ3n) is 2.84. The van der Waals surface area contributed by atoms with Gasteiger partial charge in [0.1, 0.15) is 11.5 Å². The highest BCUT2D eigenvalue weighted by Crippen LogP contribution is 2.19. The minimum absolute atomic E-state index is 0.461. The average Bonchev–Trinajstić information content (AvgIpc) is 3.07. The number of aromatic nitrogens is 2. The van der Waals surface area contributed by atoms with Crippen LogP contribution in [-0.2, 0) is 11.8 Å². The van der Waals surface area contributed by atoms with Crippen LogP contribution < -0.4 is 4.74 Å². The molecule has 100 valence electrons. The highest BCUT2D eigenvalue weighted by molar-refractivity contribution is 5.89. The largest absolute Gasteiger partial charge is 0.465 e. The lowest BCUT2D eigenvalue weighted by Gasteiger charge is -2.01. The van der Waals surface area contributed by atoms with Crippen LogP contribution >= 0.6 is 0 Å². The van der Waals surface area contributed by atoms with Gasteiger partial charge in [-0.05, 0) is 30.3 Å². The van der Waals surface area contributed by atoms with Crippen LogP contribution in [0.3, 0.4) is 0 Å². The molecule has 0 saturated carbocycles. The average molecular weight is 268 g/mol. The van der Waals surface area contributed by atoms with Gasteiger partial charge in [-0.2, -0.15) is 0 Å². The molecule has 0 bridgehead atoms. The molecule has 0 spiro atoms. The lowest BCUT2D eigenvalue weighted by atomic mass is 10.3. The molecular weight excluding hydrogens is 256 g/mol. The molecule has 0 amide bonds. The minimum atomic E-state index is -0.461. The van der Waals surface area contributed by atoms with Crippen molar-refractivity contribution in [3.05, 3.63) is 54.8 Å². The van der Waals surface area contributed by atoms with Gasteiger partial charge in [0.25, 0.3) is 0 Å². The number of ether oxygens (including phenoxy) is 1. The van der Waals surface area contributed by atoms with Gasteiger partial charge in [0.05, 0.1) is 23.6 Å². The summed E-state index contributed by atoms with van der Waals surface area (Å²) in [4.78, 5) is 15.9. The quantitative estimate of drug-likeness (QED) is 0.416. The Balaban J connectivity index is 1.74. The lowest BCUT2D eigenvalue weighted by Crippen LogP contribution is -2.03. The molecular formula is C15H12N2O3. The van der Waals surface area contributed by atoms with E-state index in [0.29, 0.717) is 11.5 Å². The van der Waals surface area contributed by atoms with Gasteiger partial charge in [0.2, 0.25) is 0 Å². The molecule has 0 radical (unpaired) electrons. The first kappa shape index (κ1) is 12.2. The normalized spacial score (nSPS) is 11.2. The van der Waals surface area contributed by atoms with Crippen molar-refractivity contribution in [2.75, 3.05) is 0 Å². The second kappa shape index (κ2) is 5.05. The highest BCUT2D eigenvalue weighted by atomic mass is 16.5. The Bertz CT molecular complexity index is 770. The van der Waals surface area contributed by atoms with Crippen LogP contribution in [-0.4, -0.2) is 15.5 Å². The molecule has 0 N–H and O–H groups in total. The first-order valence-corrected chi connectivity index (χ1v) is 6.07. The Labute approximate surface area is 115 Å². The van der Waals surface area contributed by atoms with E-state index in [2.05, 4.69) is 4.98 Å². The fourth-order valence-electron chi connectivity index (χ4n) is 1.87. The van der Waals surface area contributed by atoms with E-state index in [1.165, 1.54) is 6.08 Å². The van der Waals surface area contributed by atoms with Gasteiger partial charge < -0.3 is 13.7 Å². The van der Waals surface area contributed by atoms with E-state index >= 15 is 0 Å². The van der Waals surface area contributed by atoms with Crippen LogP contribution in [0.2, 0.25) is 0 Å². The molecule has 0 aliphatic carbocycles. The minimum Gasteiger partial charge on any atom is -0.465 e. The Hall–Kier alpha value is -2.82. The summed E-state index contributed by atoms with van der Waals surface area (Å²) < 4.78 is 12.2. The van der Waals surface area contributed by atoms with Gasteiger partial charge in [0, 0.05) is 19.2 Å². The van der Waals surface area contributed by atoms with Gasteiger partial charge in [0.15, 0.2) is 0 Å². The second-order valence-electron chi connectivity index (χ2n) is 4.28. The number of aryl methyl sites for hydroxylation is 1. The summed E-state index contributed by atoms with van der Waals surface area (Å²) in [5.41, 5.74) is 1.77. The Kier molecular flexibility index (Phi) is 3.09. The van der Waals surface area contributed by atoms with Crippen molar-refractivity contribution >= 4 is 23.1 Å². The predicted octanol–water partition coefficient (Wildman–Crippen LogP) is 2.79. The molecule has 0 unspecified atom stereocenters. The van der Waals surface area contributed by atoms with Gasteiger partial charge in [-0.25, -0.2) is 9.78 Å². The monoisotopic (exact) mass is 268 g/mol. The van der Waals surface area contributed by atoms with Gasteiger partial charge >= 0.3 is 5.97 Å². The van der Waals surface area contributed by atoms with Crippen LogP contribution in [0.5, 0.6) is 5.75 Å². The molecule has 1 aromatic carbocycles. The summed E-state index contributed by atoms with van der Waals surface area (Å²) >= 11 is 0. The fraction of sp³-hybridized carbons (Fsp3) is 0.0667. The number of esters is 1. The molecule has 3 rings (SSSR count). The molecule has 0 aliphatic rings. The van der Waals surface area contributed by atoms with Crippen molar-refractivity contribution in [1.29, 1.82) is 0 Å². The Morgan fingerprint density at radius 1 is 1.40 bits per heavy atom. The van der Waals surface area contributed by atoms with Crippen LogP contribution in [0.4, 0.5) is 0 Å². The van der Waals surface area contributed by atoms with Crippen molar-refractivity contribution < 1.29 is 13.9 Å². The fourth-order valence-corrected chi connectivity index (χ4v) is 1.87. The van der Waals surface area contributed by atoms with Crippen LogP contribution in [0.15, 0.2) is 53.4 Å². The number of rotatable bonds is 3. The summed E-state index contributed by atoms with van der Waals surface area (Å²) in [5.74, 6) is 0.601. The maximum absolute atomic E-state index is 11.7. The number of fused-ring (bicyclic) bond motifs is 1. The lowest BCUT2D eigenvalue weighted by molar-refractivity contribution is -0.128. The molecule has 0 aliphatic heterocycles. The highest BCUT2D eigenvalue weighted by Gasteiger charge is 2.05. The molecule has 2 heterocycles. The molecule has 2 aromatic heterocycles. The van der Waals surface area contributed by atoms with Crippen LogP contribution in [0.1, 0.15) is 5.76 Å². The van der Waals surface area contributed by atoms with Crippen molar-refractivity contribution in [2.45, 2.75) is 0 Å². The summed E-state index contributed by atoms with van der Waals surface area (Å²) in [6, 6.07) is 8.83. The molecule has 5 nitrogen and oxygen atoms in total. The molecule has 5 heteroatoms. The van der Waals surface area contributed by atoms with E-state index in [9.17, 15) is 4.79 Å². The number of carbonyl (C=O) groups excluding carboxylic acids is 1. The molecule has 0 fully saturated rings. The smallest absolute Gasteiger partial charge is 0.336 e. The first-order valence-electron chi connectivity index (χ1n) is 6.07. The van der Waals surface area contributed by atoms with E-state index in [-0.39, 0.29) is 0 Å². The van der Waals surface area contributed by atoms with Crippen LogP contribution in [0, 0.1) is 0 Å². The summed E-state index contributed by atoms with van der Waals surface area (Å²) in [7, 11) is 1.91. The van der Waals surface area contributed by atoms with Crippen molar-refractivity contribution in [1.82, 2.24) is 9.55 Å². The van der Waals surface area contributed by atoms with Crippen molar-refractivity contribution in [3.8, 4) is 5.75 Å². The Morgan fingerprint density at radius 2 is 2.30 bits per heavy atom. The van der Waals surface area contributed by atoms with Gasteiger partial charge in [-0.15, -0.1) is 0 Å². The third kappa shape index (κ3) is 2.47. The third-order valence-corrected chi connectivity index (χ3v) is 2.84. The summed E-state index contributed by atoms with van der Waals surface area (Å²) in [6.45, 7) is 0. The molecule has 3 aromatic rings. The summed E-state index contributed by atoms with van der Waals surface area (Å²) in [6.07, 6.45) is 6.14. The van der Waals surface area contributed by atoms with Crippen molar-refractivity contribution in [3.63, 3.8) is 0 Å². The molecule has 0 saturated heterocycles. The number of hydrogen-bond donors (Lipinski definition) is 0. The van der Waals surface area contributed by atoms with E-state index in [0.717, 1.165) is 11.0 Å². The van der Waals surface area contributed by atoms with Crippen molar-refractivity contribution in [2.24, 2.45) is 7.05 Å². The number of imidazole rings is 1. The van der Waals surface area contributed by atoms with E-state index in [1.54, 1.807) is 42.9 Å². The maximum atomic E-state index is 11.7. The van der Waals surface area contributed by atoms with Crippen LogP contribution in [0.25, 0.3) is 17.1 Å². The molecule has 20 heavy (non-hydrogen) atoms. The predicted molar refractivity (Wildman–Crippen MR) is 74.1 cm³/mol. The second-order valence-corrected chi connectivity index (χ2v) is 4.28. The number of benzene rings is 1. The SMILES string of the molecule is Cn1cnc2cc(OC(=O)/C=C/c3ccco3)ccc21. The maximum Gasteiger partial charge on any atom is 0.336 e. The number of furan rings is 1. The zero-order chi connectivity index (χ0) is 13.9. The molecule has 0 atom stereocenters. The topological polar surface area (TPSA) is 57.3 Å².